The zero-order chi connectivity index (χ0) is 20.6. The van der Waals surface area contributed by atoms with E-state index in [1.165, 1.54) is 25.7 Å². The van der Waals surface area contributed by atoms with Gasteiger partial charge in [0, 0.05) is 42.9 Å². The predicted octanol–water partition coefficient (Wildman–Crippen LogP) is 4.07. The summed E-state index contributed by atoms with van der Waals surface area (Å²) in [5.74, 6) is 1.34. The number of H-pyrrole nitrogens is 1. The summed E-state index contributed by atoms with van der Waals surface area (Å²) in [5, 5.41) is 4.06. The first-order valence-corrected chi connectivity index (χ1v) is 10.6. The molecule has 156 valence electrons. The summed E-state index contributed by atoms with van der Waals surface area (Å²) in [6.07, 6.45) is 8.25. The van der Waals surface area contributed by atoms with Gasteiger partial charge in [0.2, 0.25) is 0 Å². The molecule has 1 saturated carbocycles. The lowest BCUT2D eigenvalue weighted by molar-refractivity contribution is -0.0450. The Kier molecular flexibility index (Phi) is 5.05. The number of nitrogens with zero attached hydrogens (tertiary/aromatic N) is 2. The van der Waals surface area contributed by atoms with Gasteiger partial charge in [-0.1, -0.05) is 0 Å². The third-order valence-electron chi connectivity index (χ3n) is 6.26. The number of ether oxygens (including phenoxy) is 1. The van der Waals surface area contributed by atoms with Crippen LogP contribution in [0.5, 0.6) is 0 Å². The molecule has 1 aliphatic heterocycles. The first-order chi connectivity index (χ1) is 13.7. The molecule has 2 aromatic rings. The molecule has 4 rings (SSSR count). The van der Waals surface area contributed by atoms with Gasteiger partial charge >= 0.3 is 0 Å². The Bertz CT molecular complexity index is 862. The number of rotatable bonds is 5. The second-order valence-corrected chi connectivity index (χ2v) is 9.73. The topological polar surface area (TPSA) is 70.2 Å². The number of aromatic nitrogens is 2. The molecule has 2 aliphatic rings. The minimum absolute atomic E-state index is 0.0346. The van der Waals surface area contributed by atoms with Gasteiger partial charge < -0.3 is 19.9 Å². The Balaban J connectivity index is 1.21. The van der Waals surface area contributed by atoms with Crippen molar-refractivity contribution in [3.8, 4) is 0 Å². The van der Waals surface area contributed by atoms with Gasteiger partial charge in [0.15, 0.2) is 5.88 Å². The Hall–Kier alpha value is -2.50. The zero-order valence-electron chi connectivity index (χ0n) is 17.8. The van der Waals surface area contributed by atoms with Crippen LogP contribution >= 0.6 is 0 Å². The molecule has 1 saturated heterocycles. The standard InChI is InChI=1S/C23H32N4O2/c1-16(29-22(2,3)4)27-9-6-23(7-10-27)12-17(13-23)14-25-21(28)20-11-18-15-24-8-5-19(18)26-20/h5,8,11,15,17,26H,1,6-7,9-10,12-14H2,2-4H3,(H,25,28). The molecule has 1 spiro atoms. The van der Waals surface area contributed by atoms with Gasteiger partial charge in [0.25, 0.3) is 5.91 Å². The predicted molar refractivity (Wildman–Crippen MR) is 114 cm³/mol. The lowest BCUT2D eigenvalue weighted by Gasteiger charge is -2.53. The van der Waals surface area contributed by atoms with Crippen LogP contribution in [-0.4, -0.2) is 46.0 Å². The number of likely N-dealkylation sites (tertiary alicyclic amines) is 1. The lowest BCUT2D eigenvalue weighted by Crippen LogP contribution is -2.49. The minimum atomic E-state index is -0.201. The van der Waals surface area contributed by atoms with Crippen molar-refractivity contribution in [2.45, 2.75) is 52.1 Å². The van der Waals surface area contributed by atoms with Crippen molar-refractivity contribution in [3.63, 3.8) is 0 Å². The second-order valence-electron chi connectivity index (χ2n) is 9.73. The van der Waals surface area contributed by atoms with E-state index in [2.05, 4.69) is 47.5 Å². The molecule has 2 fully saturated rings. The van der Waals surface area contributed by atoms with Crippen LogP contribution in [0.4, 0.5) is 0 Å². The average Bonchev–Trinajstić information content (AvgIpc) is 3.07. The molecular formula is C23H32N4O2. The van der Waals surface area contributed by atoms with E-state index in [9.17, 15) is 4.79 Å². The monoisotopic (exact) mass is 396 g/mol. The number of fused-ring (bicyclic) bond motifs is 1. The molecule has 3 heterocycles. The van der Waals surface area contributed by atoms with Crippen molar-refractivity contribution < 1.29 is 9.53 Å². The summed E-state index contributed by atoms with van der Waals surface area (Å²) >= 11 is 0. The van der Waals surface area contributed by atoms with Gasteiger partial charge in [-0.2, -0.15) is 0 Å². The van der Waals surface area contributed by atoms with Gasteiger partial charge in [0.1, 0.15) is 11.3 Å². The highest BCUT2D eigenvalue weighted by molar-refractivity contribution is 5.97. The number of amides is 1. The smallest absolute Gasteiger partial charge is 0.267 e. The van der Waals surface area contributed by atoms with Crippen LogP contribution in [0.25, 0.3) is 10.9 Å². The molecular weight excluding hydrogens is 364 g/mol. The maximum atomic E-state index is 12.5. The summed E-state index contributed by atoms with van der Waals surface area (Å²) in [6.45, 7) is 13.1. The summed E-state index contributed by atoms with van der Waals surface area (Å²) in [6, 6.07) is 3.75. The Labute approximate surface area is 172 Å². The molecule has 0 radical (unpaired) electrons. The highest BCUT2D eigenvalue weighted by Gasteiger charge is 2.46. The van der Waals surface area contributed by atoms with Crippen LogP contribution in [0.3, 0.4) is 0 Å². The van der Waals surface area contributed by atoms with Gasteiger partial charge in [0.05, 0.1) is 0 Å². The summed E-state index contributed by atoms with van der Waals surface area (Å²) < 4.78 is 5.92. The molecule has 0 aromatic carbocycles. The molecule has 0 unspecified atom stereocenters. The molecule has 29 heavy (non-hydrogen) atoms. The molecule has 0 atom stereocenters. The van der Waals surface area contributed by atoms with E-state index in [-0.39, 0.29) is 11.5 Å². The van der Waals surface area contributed by atoms with E-state index in [0.717, 1.165) is 36.4 Å². The van der Waals surface area contributed by atoms with Crippen molar-refractivity contribution in [1.29, 1.82) is 0 Å². The van der Waals surface area contributed by atoms with Crippen molar-refractivity contribution in [1.82, 2.24) is 20.2 Å². The van der Waals surface area contributed by atoms with Gasteiger partial charge in [-0.3, -0.25) is 9.78 Å². The van der Waals surface area contributed by atoms with Gasteiger partial charge in [-0.25, -0.2) is 0 Å². The fraction of sp³-hybridized carbons (Fsp3) is 0.565. The SMILES string of the molecule is C=C(OC(C)(C)C)N1CCC2(CC1)CC(CNC(=O)c1cc3cnccc3[nH]1)C2. The number of hydrogen-bond acceptors (Lipinski definition) is 4. The molecule has 6 nitrogen and oxygen atoms in total. The second kappa shape index (κ2) is 7.39. The third-order valence-corrected chi connectivity index (χ3v) is 6.26. The molecule has 1 aliphatic carbocycles. The number of aromatic amines is 1. The number of carbonyl (C=O) groups excluding carboxylic acids is 1. The van der Waals surface area contributed by atoms with Crippen LogP contribution in [0.2, 0.25) is 0 Å². The summed E-state index contributed by atoms with van der Waals surface area (Å²) in [7, 11) is 0. The van der Waals surface area contributed by atoms with Crippen LogP contribution in [0, 0.1) is 11.3 Å². The highest BCUT2D eigenvalue weighted by atomic mass is 16.5. The highest BCUT2D eigenvalue weighted by Crippen LogP contribution is 2.52. The molecule has 6 heteroatoms. The van der Waals surface area contributed by atoms with Crippen molar-refractivity contribution >= 4 is 16.8 Å². The van der Waals surface area contributed by atoms with Crippen LogP contribution < -0.4 is 5.32 Å². The Morgan fingerprint density at radius 2 is 2.10 bits per heavy atom. The first kappa shape index (κ1) is 19.8. The normalized spacial score (nSPS) is 19.2. The zero-order valence-corrected chi connectivity index (χ0v) is 17.8. The fourth-order valence-corrected chi connectivity index (χ4v) is 4.79. The number of hydrogen-bond donors (Lipinski definition) is 2. The molecule has 0 bridgehead atoms. The summed E-state index contributed by atoms with van der Waals surface area (Å²) in [5.41, 5.74) is 1.79. The number of nitrogens with one attached hydrogen (secondary N) is 2. The fourth-order valence-electron chi connectivity index (χ4n) is 4.79. The van der Waals surface area contributed by atoms with E-state index in [0.29, 0.717) is 17.0 Å². The third kappa shape index (κ3) is 4.41. The first-order valence-electron chi connectivity index (χ1n) is 10.6. The van der Waals surface area contributed by atoms with Crippen LogP contribution in [0.15, 0.2) is 37.0 Å². The van der Waals surface area contributed by atoms with E-state index >= 15 is 0 Å². The number of piperidine rings is 1. The number of pyridine rings is 1. The van der Waals surface area contributed by atoms with Gasteiger partial charge in [-0.05, 0) is 76.5 Å². The van der Waals surface area contributed by atoms with E-state index in [1.807, 2.05) is 12.1 Å². The van der Waals surface area contributed by atoms with E-state index < -0.39 is 0 Å². The maximum absolute atomic E-state index is 12.5. The Morgan fingerprint density at radius 1 is 1.38 bits per heavy atom. The summed E-state index contributed by atoms with van der Waals surface area (Å²) in [4.78, 5) is 22.0. The van der Waals surface area contributed by atoms with E-state index in [1.54, 1.807) is 12.4 Å². The molecule has 2 N–H and O–H groups in total. The maximum Gasteiger partial charge on any atom is 0.267 e. The van der Waals surface area contributed by atoms with Crippen LogP contribution in [-0.2, 0) is 4.74 Å². The minimum Gasteiger partial charge on any atom is -0.474 e. The van der Waals surface area contributed by atoms with Crippen LogP contribution in [0.1, 0.15) is 56.9 Å². The molecule has 1 amide bonds. The van der Waals surface area contributed by atoms with Crippen molar-refractivity contribution in [2.24, 2.45) is 11.3 Å². The van der Waals surface area contributed by atoms with E-state index in [4.69, 9.17) is 4.74 Å². The van der Waals surface area contributed by atoms with Crippen molar-refractivity contribution in [3.05, 3.63) is 42.7 Å². The largest absolute Gasteiger partial charge is 0.474 e. The van der Waals surface area contributed by atoms with Gasteiger partial charge in [-0.15, -0.1) is 0 Å². The lowest BCUT2D eigenvalue weighted by atomic mass is 9.57. The quantitative estimate of drug-likeness (QED) is 0.748. The molecule has 2 aromatic heterocycles. The Morgan fingerprint density at radius 3 is 2.76 bits per heavy atom. The van der Waals surface area contributed by atoms with Crippen molar-refractivity contribution in [2.75, 3.05) is 19.6 Å². The number of carbonyl (C=O) groups is 1. The average molecular weight is 397 g/mol.